The first-order valence-electron chi connectivity index (χ1n) is 4.50. The number of aromatic nitrogens is 2. The Morgan fingerprint density at radius 1 is 1.53 bits per heavy atom. The third kappa shape index (κ3) is 1.69. The van der Waals surface area contributed by atoms with Crippen molar-refractivity contribution in [2.24, 2.45) is 0 Å². The molecule has 0 fully saturated rings. The third-order valence-electron chi connectivity index (χ3n) is 2.13. The second-order valence-electron chi connectivity index (χ2n) is 3.26. The zero-order chi connectivity index (χ0) is 10.8. The molecule has 1 aromatic heterocycles. The Morgan fingerprint density at radius 2 is 2.33 bits per heavy atom. The molecule has 0 bridgehead atoms. The predicted molar refractivity (Wildman–Crippen MR) is 55.3 cm³/mol. The van der Waals surface area contributed by atoms with Gasteiger partial charge in [0.25, 0.3) is 5.91 Å². The molecule has 0 radical (unpaired) electrons. The second-order valence-corrected chi connectivity index (χ2v) is 3.26. The zero-order valence-corrected chi connectivity index (χ0v) is 8.50. The molecule has 0 aliphatic carbocycles. The fraction of sp³-hybridized carbons (Fsp3) is 0.200. The number of nitrogens with one attached hydrogen (secondary N) is 2. The van der Waals surface area contributed by atoms with Gasteiger partial charge in [-0.15, -0.1) is 0 Å². The van der Waals surface area contributed by atoms with Crippen LogP contribution in [0.3, 0.4) is 0 Å². The van der Waals surface area contributed by atoms with Gasteiger partial charge in [-0.25, -0.2) is 5.48 Å². The summed E-state index contributed by atoms with van der Waals surface area (Å²) in [5.74, 6) is -0.352. The Bertz CT molecular complexity index is 504. The van der Waals surface area contributed by atoms with Gasteiger partial charge in [-0.05, 0) is 19.1 Å². The molecule has 1 aromatic carbocycles. The number of hydrogen-bond donors (Lipinski definition) is 2. The average Bonchev–Trinajstić information content (AvgIpc) is 2.60. The van der Waals surface area contributed by atoms with E-state index >= 15 is 0 Å². The summed E-state index contributed by atoms with van der Waals surface area (Å²) in [7, 11) is 1.39. The zero-order valence-electron chi connectivity index (χ0n) is 8.50. The first-order chi connectivity index (χ1) is 7.22. The van der Waals surface area contributed by atoms with E-state index in [1.165, 1.54) is 7.11 Å². The quantitative estimate of drug-likeness (QED) is 0.723. The van der Waals surface area contributed by atoms with Crippen LogP contribution >= 0.6 is 0 Å². The summed E-state index contributed by atoms with van der Waals surface area (Å²) in [6.07, 6.45) is 0. The van der Waals surface area contributed by atoms with E-state index in [1.807, 2.05) is 25.1 Å². The molecule has 0 aliphatic heterocycles. The van der Waals surface area contributed by atoms with E-state index < -0.39 is 0 Å². The Hall–Kier alpha value is -1.88. The van der Waals surface area contributed by atoms with Crippen molar-refractivity contribution < 1.29 is 9.63 Å². The first-order valence-corrected chi connectivity index (χ1v) is 4.50. The highest BCUT2D eigenvalue weighted by Gasteiger charge is 2.13. The standard InChI is InChI=1S/C10H11N3O2/c1-6-3-4-8-7(5-6)9(12-11-8)10(14)13-15-2/h3-5H,1-2H3,(H,11,12)(H,13,14). The van der Waals surface area contributed by atoms with Gasteiger partial charge in [0, 0.05) is 5.39 Å². The summed E-state index contributed by atoms with van der Waals surface area (Å²) in [5.41, 5.74) is 4.50. The molecule has 0 aliphatic rings. The summed E-state index contributed by atoms with van der Waals surface area (Å²) < 4.78 is 0. The van der Waals surface area contributed by atoms with Crippen LogP contribution in [0.15, 0.2) is 18.2 Å². The highest BCUT2D eigenvalue weighted by Crippen LogP contribution is 2.17. The minimum Gasteiger partial charge on any atom is -0.277 e. The molecule has 15 heavy (non-hydrogen) atoms. The number of rotatable bonds is 2. The fourth-order valence-electron chi connectivity index (χ4n) is 1.44. The average molecular weight is 205 g/mol. The molecule has 5 heteroatoms. The Morgan fingerprint density at radius 3 is 3.07 bits per heavy atom. The summed E-state index contributed by atoms with van der Waals surface area (Å²) in [6, 6.07) is 5.75. The van der Waals surface area contributed by atoms with Crippen LogP contribution < -0.4 is 5.48 Å². The maximum Gasteiger partial charge on any atom is 0.295 e. The number of fused-ring (bicyclic) bond motifs is 1. The monoisotopic (exact) mass is 205 g/mol. The minimum atomic E-state index is -0.352. The van der Waals surface area contributed by atoms with E-state index in [0.717, 1.165) is 16.5 Å². The van der Waals surface area contributed by atoms with Gasteiger partial charge in [0.2, 0.25) is 0 Å². The summed E-state index contributed by atoms with van der Waals surface area (Å²) >= 11 is 0. The molecule has 0 saturated carbocycles. The number of amides is 1. The van der Waals surface area contributed by atoms with E-state index in [-0.39, 0.29) is 5.91 Å². The molecule has 0 spiro atoms. The number of carbonyl (C=O) groups excluding carboxylic acids is 1. The molecule has 0 saturated heterocycles. The maximum absolute atomic E-state index is 11.5. The minimum absolute atomic E-state index is 0.343. The van der Waals surface area contributed by atoms with Crippen LogP contribution in [0.25, 0.3) is 10.9 Å². The predicted octanol–water partition coefficient (Wildman–Crippen LogP) is 1.16. The number of benzene rings is 1. The van der Waals surface area contributed by atoms with Gasteiger partial charge in [0.15, 0.2) is 5.69 Å². The molecule has 0 atom stereocenters. The van der Waals surface area contributed by atoms with Gasteiger partial charge in [-0.2, -0.15) is 5.10 Å². The van der Waals surface area contributed by atoms with Gasteiger partial charge in [0.1, 0.15) is 0 Å². The van der Waals surface area contributed by atoms with E-state index in [0.29, 0.717) is 5.69 Å². The third-order valence-corrected chi connectivity index (χ3v) is 2.13. The van der Waals surface area contributed by atoms with Crippen molar-refractivity contribution in [2.75, 3.05) is 7.11 Å². The van der Waals surface area contributed by atoms with Crippen molar-refractivity contribution in [1.29, 1.82) is 0 Å². The van der Waals surface area contributed by atoms with Crippen LogP contribution in [-0.4, -0.2) is 23.2 Å². The van der Waals surface area contributed by atoms with Crippen molar-refractivity contribution >= 4 is 16.8 Å². The fourth-order valence-corrected chi connectivity index (χ4v) is 1.44. The SMILES string of the molecule is CONC(=O)c1n[nH]c2ccc(C)cc12. The van der Waals surface area contributed by atoms with Crippen molar-refractivity contribution in [3.8, 4) is 0 Å². The topological polar surface area (TPSA) is 67.0 Å². The summed E-state index contributed by atoms with van der Waals surface area (Å²) in [6.45, 7) is 1.96. The second kappa shape index (κ2) is 3.70. The van der Waals surface area contributed by atoms with Gasteiger partial charge < -0.3 is 0 Å². The lowest BCUT2D eigenvalue weighted by Gasteiger charge is -1.98. The molecular weight excluding hydrogens is 194 g/mol. The molecular formula is C10H11N3O2. The molecule has 1 amide bonds. The molecule has 2 N–H and O–H groups in total. The lowest BCUT2D eigenvalue weighted by atomic mass is 10.1. The van der Waals surface area contributed by atoms with E-state index in [1.54, 1.807) is 0 Å². The van der Waals surface area contributed by atoms with Crippen LogP contribution in [0.5, 0.6) is 0 Å². The first kappa shape index (κ1) is 9.67. The number of carbonyl (C=O) groups is 1. The van der Waals surface area contributed by atoms with Crippen LogP contribution in [-0.2, 0) is 4.84 Å². The van der Waals surface area contributed by atoms with E-state index in [4.69, 9.17) is 0 Å². The molecule has 2 aromatic rings. The van der Waals surface area contributed by atoms with E-state index in [2.05, 4.69) is 20.5 Å². The normalized spacial score (nSPS) is 10.5. The van der Waals surface area contributed by atoms with Crippen molar-refractivity contribution in [3.63, 3.8) is 0 Å². The molecule has 78 valence electrons. The summed E-state index contributed by atoms with van der Waals surface area (Å²) in [5, 5.41) is 7.52. The van der Waals surface area contributed by atoms with Crippen LogP contribution in [0, 0.1) is 6.92 Å². The summed E-state index contributed by atoms with van der Waals surface area (Å²) in [4.78, 5) is 16.1. The molecule has 2 rings (SSSR count). The van der Waals surface area contributed by atoms with E-state index in [9.17, 15) is 4.79 Å². The molecule has 0 unspecified atom stereocenters. The molecule has 5 nitrogen and oxygen atoms in total. The number of nitrogens with zero attached hydrogens (tertiary/aromatic N) is 1. The Balaban J connectivity index is 2.52. The Kier molecular flexibility index (Phi) is 2.39. The lowest BCUT2D eigenvalue weighted by molar-refractivity contribution is 0.0534. The van der Waals surface area contributed by atoms with Gasteiger partial charge >= 0.3 is 0 Å². The van der Waals surface area contributed by atoms with Crippen LogP contribution in [0.1, 0.15) is 16.1 Å². The van der Waals surface area contributed by atoms with Gasteiger partial charge in [-0.3, -0.25) is 14.7 Å². The van der Waals surface area contributed by atoms with Crippen LogP contribution in [0.4, 0.5) is 0 Å². The maximum atomic E-state index is 11.5. The van der Waals surface area contributed by atoms with Crippen molar-refractivity contribution in [3.05, 3.63) is 29.5 Å². The van der Waals surface area contributed by atoms with Crippen molar-refractivity contribution in [2.45, 2.75) is 6.92 Å². The number of hydrogen-bond acceptors (Lipinski definition) is 3. The number of H-pyrrole nitrogens is 1. The number of aryl methyl sites for hydroxylation is 1. The van der Waals surface area contributed by atoms with Crippen LogP contribution in [0.2, 0.25) is 0 Å². The van der Waals surface area contributed by atoms with Gasteiger partial charge in [0.05, 0.1) is 12.6 Å². The highest BCUT2D eigenvalue weighted by molar-refractivity contribution is 6.04. The molecule has 1 heterocycles. The van der Waals surface area contributed by atoms with Gasteiger partial charge in [-0.1, -0.05) is 11.6 Å². The lowest BCUT2D eigenvalue weighted by Crippen LogP contribution is -2.22. The number of aromatic amines is 1. The Labute approximate surface area is 86.4 Å². The van der Waals surface area contributed by atoms with Crippen molar-refractivity contribution in [1.82, 2.24) is 15.7 Å². The smallest absolute Gasteiger partial charge is 0.277 e. The largest absolute Gasteiger partial charge is 0.295 e. The number of hydroxylamine groups is 1. The highest BCUT2D eigenvalue weighted by atomic mass is 16.6.